The zero-order valence-electron chi connectivity index (χ0n) is 13.9. The number of hydrogen-bond donors (Lipinski definition) is 1. The molecule has 0 aromatic carbocycles. The van der Waals surface area contributed by atoms with Gasteiger partial charge in [-0.1, -0.05) is 25.8 Å². The van der Waals surface area contributed by atoms with Crippen LogP contribution < -0.4 is 4.57 Å². The van der Waals surface area contributed by atoms with Crippen LogP contribution in [0.25, 0.3) is 0 Å². The number of nitrogens with zero attached hydrogens (tertiary/aromatic N) is 1. The lowest BCUT2D eigenvalue weighted by Crippen LogP contribution is -2.30. The first-order valence-corrected chi connectivity index (χ1v) is 7.92. The highest BCUT2D eigenvalue weighted by atomic mass is 19.5. The first kappa shape index (κ1) is 22.2. The normalized spacial score (nSPS) is 10.7. The fourth-order valence-corrected chi connectivity index (χ4v) is 1.85. The number of aromatic amines is 1. The number of nitrogens with one attached hydrogen (secondary N) is 1. The van der Waals surface area contributed by atoms with Gasteiger partial charge in [-0.25, -0.2) is 9.36 Å². The second-order valence-electron chi connectivity index (χ2n) is 5.38. The Morgan fingerprint density at radius 3 is 2.17 bits per heavy atom. The van der Waals surface area contributed by atoms with Gasteiger partial charge in [0, 0.05) is 5.57 Å². The molecule has 0 fully saturated rings. The summed E-state index contributed by atoms with van der Waals surface area (Å²) in [6.07, 6.45) is 13.0. The van der Waals surface area contributed by atoms with E-state index in [2.05, 4.69) is 22.3 Å². The van der Waals surface area contributed by atoms with E-state index >= 15 is 0 Å². The molecule has 1 rings (SSSR count). The number of carbonyl (C=O) groups is 1. The molecule has 0 bridgehead atoms. The number of esters is 1. The smallest absolute Gasteiger partial charge is 0.462 e. The monoisotopic (exact) mass is 352 g/mol. The van der Waals surface area contributed by atoms with Gasteiger partial charge in [-0.3, -0.25) is 4.98 Å². The molecule has 1 heterocycles. The van der Waals surface area contributed by atoms with Crippen LogP contribution in [-0.2, 0) is 16.1 Å². The van der Waals surface area contributed by atoms with Gasteiger partial charge in [-0.05, 0) is 26.2 Å². The van der Waals surface area contributed by atoms with Gasteiger partial charge in [0.2, 0.25) is 6.33 Å². The van der Waals surface area contributed by atoms with Crippen molar-refractivity contribution in [2.45, 2.75) is 52.0 Å². The molecule has 1 aromatic heterocycles. The van der Waals surface area contributed by atoms with E-state index in [1.54, 1.807) is 6.92 Å². The molecular formula is C15H25BF4N2O2. The third kappa shape index (κ3) is 16.6. The van der Waals surface area contributed by atoms with Crippen LogP contribution in [0.15, 0.2) is 30.9 Å². The summed E-state index contributed by atoms with van der Waals surface area (Å²) in [4.78, 5) is 14.1. The van der Waals surface area contributed by atoms with Gasteiger partial charge in [-0.2, -0.15) is 0 Å². The van der Waals surface area contributed by atoms with Crippen molar-refractivity contribution in [3.05, 3.63) is 30.9 Å². The highest BCUT2D eigenvalue weighted by Gasteiger charge is 2.20. The summed E-state index contributed by atoms with van der Waals surface area (Å²) in [5, 5.41) is 0. The second-order valence-corrected chi connectivity index (χ2v) is 5.38. The highest BCUT2D eigenvalue weighted by molar-refractivity contribution is 6.50. The SMILES string of the molecule is C=C(C)C(=O)OCCCCCCCC[n+]1cc[nH]c1.F[B-](F)(F)F. The number of aryl methyl sites for hydroxylation is 1. The number of carbonyl (C=O) groups excluding carboxylic acids is 1. The summed E-state index contributed by atoms with van der Waals surface area (Å²) in [5.74, 6) is -0.275. The van der Waals surface area contributed by atoms with Crippen LogP contribution in [-0.4, -0.2) is 24.8 Å². The van der Waals surface area contributed by atoms with Crippen LogP contribution in [0.2, 0.25) is 0 Å². The van der Waals surface area contributed by atoms with E-state index in [-0.39, 0.29) is 5.97 Å². The molecule has 1 N–H and O–H groups in total. The summed E-state index contributed by atoms with van der Waals surface area (Å²) in [6, 6.07) is 0. The number of unbranched alkanes of at least 4 members (excludes halogenated alkanes) is 5. The average molecular weight is 352 g/mol. The third-order valence-electron chi connectivity index (χ3n) is 2.99. The zero-order valence-corrected chi connectivity index (χ0v) is 13.9. The van der Waals surface area contributed by atoms with Crippen LogP contribution in [0.1, 0.15) is 45.4 Å². The first-order valence-electron chi connectivity index (χ1n) is 7.92. The molecule has 0 saturated carbocycles. The summed E-state index contributed by atoms with van der Waals surface area (Å²) >= 11 is 0. The summed E-state index contributed by atoms with van der Waals surface area (Å²) in [7, 11) is -6.00. The molecule has 0 amide bonds. The van der Waals surface area contributed by atoms with Crippen molar-refractivity contribution in [3.63, 3.8) is 0 Å². The minimum atomic E-state index is -6.00. The van der Waals surface area contributed by atoms with E-state index in [0.717, 1.165) is 19.4 Å². The lowest BCUT2D eigenvalue weighted by Gasteiger charge is -2.04. The Hall–Kier alpha value is -1.80. The van der Waals surface area contributed by atoms with Gasteiger partial charge in [0.1, 0.15) is 12.4 Å². The Morgan fingerprint density at radius 2 is 1.67 bits per heavy atom. The lowest BCUT2D eigenvalue weighted by molar-refractivity contribution is -0.696. The Labute approximate surface area is 140 Å². The van der Waals surface area contributed by atoms with Crippen LogP contribution in [0.3, 0.4) is 0 Å². The number of hydrogen-bond acceptors (Lipinski definition) is 2. The minimum Gasteiger partial charge on any atom is -0.462 e. The van der Waals surface area contributed by atoms with E-state index in [1.807, 2.05) is 12.5 Å². The fraction of sp³-hybridized carbons (Fsp3) is 0.600. The molecule has 0 aliphatic carbocycles. The van der Waals surface area contributed by atoms with E-state index in [4.69, 9.17) is 4.74 Å². The van der Waals surface area contributed by atoms with E-state index in [1.165, 1.54) is 25.7 Å². The largest absolute Gasteiger partial charge is 0.673 e. The van der Waals surface area contributed by atoms with Crippen molar-refractivity contribution in [1.29, 1.82) is 0 Å². The minimum absolute atomic E-state index is 0.275. The molecule has 9 heteroatoms. The predicted molar refractivity (Wildman–Crippen MR) is 84.6 cm³/mol. The molecule has 1 aromatic rings. The quantitative estimate of drug-likeness (QED) is 0.172. The van der Waals surface area contributed by atoms with E-state index in [0.29, 0.717) is 12.2 Å². The van der Waals surface area contributed by atoms with Crippen LogP contribution in [0.5, 0.6) is 0 Å². The van der Waals surface area contributed by atoms with Crippen molar-refractivity contribution in [2.75, 3.05) is 6.61 Å². The standard InChI is InChI=1S/C15H24N2O2.BF4/c1-14(2)15(18)19-12-8-6-4-3-5-7-10-17-11-9-16-13-17;2-1(3,4)5/h9,11,13H,1,3-8,10,12H2,2H3;/q;-1/p+1. The van der Waals surface area contributed by atoms with Crippen molar-refractivity contribution in [1.82, 2.24) is 4.98 Å². The Bertz CT molecular complexity index is 459. The van der Waals surface area contributed by atoms with Crippen molar-refractivity contribution in [2.24, 2.45) is 0 Å². The molecule has 0 aliphatic rings. The maximum absolute atomic E-state index is 11.1. The number of aromatic nitrogens is 2. The van der Waals surface area contributed by atoms with Gasteiger partial charge in [0.15, 0.2) is 0 Å². The van der Waals surface area contributed by atoms with Gasteiger partial charge in [0.05, 0.1) is 13.2 Å². The molecule has 0 spiro atoms. The molecule has 0 saturated heterocycles. The maximum atomic E-state index is 11.1. The molecule has 0 radical (unpaired) electrons. The molecular weight excluding hydrogens is 327 g/mol. The van der Waals surface area contributed by atoms with Crippen molar-refractivity contribution in [3.8, 4) is 0 Å². The molecule has 4 nitrogen and oxygen atoms in total. The van der Waals surface area contributed by atoms with Crippen LogP contribution in [0.4, 0.5) is 17.3 Å². The number of H-pyrrole nitrogens is 1. The maximum Gasteiger partial charge on any atom is 0.673 e. The van der Waals surface area contributed by atoms with Gasteiger partial charge in [0.25, 0.3) is 0 Å². The molecule has 0 unspecified atom stereocenters. The number of ether oxygens (including phenoxy) is 1. The summed E-state index contributed by atoms with van der Waals surface area (Å²) in [5.41, 5.74) is 0.474. The predicted octanol–water partition coefficient (Wildman–Crippen LogP) is 4.06. The van der Waals surface area contributed by atoms with E-state index < -0.39 is 7.25 Å². The van der Waals surface area contributed by atoms with Gasteiger partial charge in [-0.15, -0.1) is 0 Å². The fourth-order valence-electron chi connectivity index (χ4n) is 1.85. The molecule has 138 valence electrons. The Morgan fingerprint density at radius 1 is 1.12 bits per heavy atom. The number of imidazole rings is 1. The lowest BCUT2D eigenvalue weighted by atomic mass is 10.1. The second kappa shape index (κ2) is 12.6. The van der Waals surface area contributed by atoms with Crippen molar-refractivity contribution >= 4 is 13.2 Å². The van der Waals surface area contributed by atoms with Crippen LogP contribution >= 0.6 is 0 Å². The summed E-state index contributed by atoms with van der Waals surface area (Å²) in [6.45, 7) is 6.82. The average Bonchev–Trinajstić information content (AvgIpc) is 2.96. The first-order chi connectivity index (χ1) is 11.2. The summed E-state index contributed by atoms with van der Waals surface area (Å²) < 4.78 is 46.2. The molecule has 0 aliphatic heterocycles. The van der Waals surface area contributed by atoms with Crippen molar-refractivity contribution < 1.29 is 31.4 Å². The Kier molecular flexibility index (Phi) is 11.7. The van der Waals surface area contributed by atoms with Crippen LogP contribution in [0, 0.1) is 0 Å². The van der Waals surface area contributed by atoms with Gasteiger partial charge < -0.3 is 22.0 Å². The zero-order chi connectivity index (χ0) is 18.4. The third-order valence-corrected chi connectivity index (χ3v) is 2.99. The number of rotatable bonds is 10. The van der Waals surface area contributed by atoms with Gasteiger partial charge >= 0.3 is 13.2 Å². The molecule has 24 heavy (non-hydrogen) atoms. The van der Waals surface area contributed by atoms with E-state index in [9.17, 15) is 22.1 Å². The number of halogens is 4. The topological polar surface area (TPSA) is 46.0 Å². The Balaban J connectivity index is 0.000000922. The molecule has 0 atom stereocenters. The highest BCUT2D eigenvalue weighted by Crippen LogP contribution is 2.07.